The number of rotatable bonds is 5. The summed E-state index contributed by atoms with van der Waals surface area (Å²) in [5.74, 6) is -0.355. The fraction of sp³-hybridized carbons (Fsp3) is 0.308. The molecule has 3 aromatic rings. The fourth-order valence-corrected chi connectivity index (χ4v) is 4.83. The molecule has 2 aliphatic rings. The predicted octanol–water partition coefficient (Wildman–Crippen LogP) is 4.37. The minimum Gasteiger partial charge on any atom is -0.423 e. The van der Waals surface area contributed by atoms with Crippen molar-refractivity contribution in [1.29, 1.82) is 0 Å². The molecule has 0 aliphatic carbocycles. The summed E-state index contributed by atoms with van der Waals surface area (Å²) in [6.07, 6.45) is 1.86. The van der Waals surface area contributed by atoms with E-state index in [1.54, 1.807) is 6.92 Å². The molecule has 1 aromatic heterocycles. The van der Waals surface area contributed by atoms with Crippen molar-refractivity contribution in [2.75, 3.05) is 25.5 Å². The van der Waals surface area contributed by atoms with E-state index >= 15 is 0 Å². The Morgan fingerprint density at radius 3 is 2.84 bits per heavy atom. The average Bonchev–Trinajstić information content (AvgIpc) is 3.38. The maximum atomic E-state index is 13.6. The lowest BCUT2D eigenvalue weighted by atomic mass is 9.91. The molecular formula is C26H27ClFN7O2. The number of oxazole rings is 1. The monoisotopic (exact) mass is 523 g/mol. The first-order valence-corrected chi connectivity index (χ1v) is 12.2. The standard InChI is InChI=1S/C26H27ClFN7O2/c1-14-5-7-17(18(27)9-14)22-21(23(36)29-11-26(3)12-30-35(4)13-26)15(2)31-24(33-22)34-25-32-19-8-6-16(28)10-20(19)37-25/h5-10,12,22H,11,13H2,1-4H3,(H,29,36)(H2,31,32,33,34). The first-order chi connectivity index (χ1) is 17.6. The first kappa shape index (κ1) is 24.8. The number of hydrogen-bond acceptors (Lipinski definition) is 8. The van der Waals surface area contributed by atoms with Crippen LogP contribution in [-0.2, 0) is 4.79 Å². The van der Waals surface area contributed by atoms with E-state index in [4.69, 9.17) is 21.0 Å². The van der Waals surface area contributed by atoms with Crippen molar-refractivity contribution in [1.82, 2.24) is 20.6 Å². The molecule has 37 heavy (non-hydrogen) atoms. The third-order valence-corrected chi connectivity index (χ3v) is 6.65. The Labute approximate surface area is 218 Å². The molecular weight excluding hydrogens is 497 g/mol. The van der Waals surface area contributed by atoms with Crippen LogP contribution in [0.1, 0.15) is 31.0 Å². The SMILES string of the molecule is CC1=C(C(=O)NCC2(C)C=NN(C)C2)C(c2ccc(C)cc2Cl)N=C(Nc2nc3ccc(F)cc3o2)N1. The second kappa shape index (κ2) is 9.51. The number of hydrazone groups is 1. The van der Waals surface area contributed by atoms with Gasteiger partial charge in [0, 0.05) is 54.1 Å². The molecule has 2 aliphatic heterocycles. The number of carbonyl (C=O) groups excluding carboxylic acids is 1. The number of aliphatic imine (C=N–C) groups is 1. The van der Waals surface area contributed by atoms with E-state index in [1.807, 2.05) is 50.3 Å². The third kappa shape index (κ3) is 5.15. The van der Waals surface area contributed by atoms with Gasteiger partial charge in [0.05, 0.1) is 5.57 Å². The first-order valence-electron chi connectivity index (χ1n) is 11.8. The van der Waals surface area contributed by atoms with Crippen LogP contribution >= 0.6 is 11.6 Å². The van der Waals surface area contributed by atoms with Crippen LogP contribution < -0.4 is 16.0 Å². The molecule has 0 radical (unpaired) electrons. The number of aryl methyl sites for hydroxylation is 1. The van der Waals surface area contributed by atoms with Gasteiger partial charge >= 0.3 is 6.01 Å². The van der Waals surface area contributed by atoms with E-state index in [0.29, 0.717) is 52.0 Å². The quantitative estimate of drug-likeness (QED) is 0.458. The number of anilines is 1. The zero-order chi connectivity index (χ0) is 26.3. The minimum atomic E-state index is -0.689. The van der Waals surface area contributed by atoms with Gasteiger partial charge < -0.3 is 15.1 Å². The molecule has 0 bridgehead atoms. The predicted molar refractivity (Wildman–Crippen MR) is 142 cm³/mol. The van der Waals surface area contributed by atoms with Crippen molar-refractivity contribution >= 4 is 46.8 Å². The number of fused-ring (bicyclic) bond motifs is 1. The summed E-state index contributed by atoms with van der Waals surface area (Å²) in [6, 6.07) is 9.20. The minimum absolute atomic E-state index is 0.138. The second-order valence-electron chi connectivity index (χ2n) is 9.72. The smallest absolute Gasteiger partial charge is 0.302 e. The molecule has 0 fully saturated rings. The van der Waals surface area contributed by atoms with Gasteiger partial charge in [-0.3, -0.25) is 15.1 Å². The van der Waals surface area contributed by atoms with Crippen molar-refractivity contribution in [2.24, 2.45) is 15.5 Å². The average molecular weight is 524 g/mol. The van der Waals surface area contributed by atoms with Crippen LogP contribution in [0.2, 0.25) is 5.02 Å². The van der Waals surface area contributed by atoms with Gasteiger partial charge in [-0.05, 0) is 37.6 Å². The number of nitrogens with zero attached hydrogens (tertiary/aromatic N) is 4. The Kier molecular flexibility index (Phi) is 6.36. The molecule has 1 amide bonds. The Hall–Kier alpha value is -3.92. The topological polar surface area (TPSA) is 107 Å². The third-order valence-electron chi connectivity index (χ3n) is 6.32. The number of aromatic nitrogens is 1. The van der Waals surface area contributed by atoms with Gasteiger partial charge in [-0.1, -0.05) is 30.7 Å². The van der Waals surface area contributed by atoms with Crippen molar-refractivity contribution in [2.45, 2.75) is 26.8 Å². The van der Waals surface area contributed by atoms with Crippen molar-refractivity contribution in [3.8, 4) is 0 Å². The fourth-order valence-electron chi connectivity index (χ4n) is 4.49. The number of allylic oxidation sites excluding steroid dienone is 1. The Morgan fingerprint density at radius 1 is 1.30 bits per heavy atom. The van der Waals surface area contributed by atoms with E-state index in [-0.39, 0.29) is 17.3 Å². The largest absolute Gasteiger partial charge is 0.423 e. The van der Waals surface area contributed by atoms with E-state index in [0.717, 1.165) is 5.56 Å². The molecule has 2 aromatic carbocycles. The van der Waals surface area contributed by atoms with E-state index in [9.17, 15) is 9.18 Å². The van der Waals surface area contributed by atoms with Crippen molar-refractivity contribution in [3.05, 3.63) is 69.6 Å². The van der Waals surface area contributed by atoms with Crippen LogP contribution in [0.3, 0.4) is 0 Å². The number of halogens is 2. The molecule has 2 unspecified atom stereocenters. The maximum Gasteiger partial charge on any atom is 0.302 e. The number of nitrogens with one attached hydrogen (secondary N) is 3. The molecule has 5 rings (SSSR count). The Bertz CT molecular complexity index is 1480. The summed E-state index contributed by atoms with van der Waals surface area (Å²) in [6.45, 7) is 6.91. The lowest BCUT2D eigenvalue weighted by molar-refractivity contribution is -0.118. The molecule has 192 valence electrons. The lowest BCUT2D eigenvalue weighted by Gasteiger charge is -2.28. The van der Waals surface area contributed by atoms with Crippen LogP contribution in [0.5, 0.6) is 0 Å². The van der Waals surface area contributed by atoms with Gasteiger partial charge in [0.15, 0.2) is 5.58 Å². The summed E-state index contributed by atoms with van der Waals surface area (Å²) in [7, 11) is 1.90. The molecule has 0 spiro atoms. The van der Waals surface area contributed by atoms with E-state index in [2.05, 4.69) is 26.0 Å². The Morgan fingerprint density at radius 2 is 2.11 bits per heavy atom. The van der Waals surface area contributed by atoms with Gasteiger partial charge in [0.1, 0.15) is 17.4 Å². The normalized spacial score (nSPS) is 21.3. The summed E-state index contributed by atoms with van der Waals surface area (Å²) < 4.78 is 19.2. The highest BCUT2D eigenvalue weighted by Crippen LogP contribution is 2.36. The second-order valence-corrected chi connectivity index (χ2v) is 10.1. The van der Waals surface area contributed by atoms with Crippen molar-refractivity contribution in [3.63, 3.8) is 0 Å². The number of hydrogen-bond donors (Lipinski definition) is 3. The maximum absolute atomic E-state index is 13.6. The summed E-state index contributed by atoms with van der Waals surface area (Å²) in [5, 5.41) is 15.8. The number of guanidine groups is 1. The van der Waals surface area contributed by atoms with Crippen LogP contribution in [0, 0.1) is 18.2 Å². The molecule has 11 heteroatoms. The number of carbonyl (C=O) groups is 1. The zero-order valence-corrected chi connectivity index (χ0v) is 21.7. The zero-order valence-electron chi connectivity index (χ0n) is 20.9. The number of amides is 1. The van der Waals surface area contributed by atoms with Crippen LogP contribution in [0.4, 0.5) is 10.4 Å². The highest BCUT2D eigenvalue weighted by Gasteiger charge is 2.34. The van der Waals surface area contributed by atoms with Gasteiger partial charge in [-0.25, -0.2) is 9.38 Å². The summed E-state index contributed by atoms with van der Waals surface area (Å²) in [5.41, 5.74) is 3.25. The lowest BCUT2D eigenvalue weighted by Crippen LogP contribution is -2.43. The van der Waals surface area contributed by atoms with Crippen LogP contribution in [0.15, 0.2) is 62.2 Å². The molecule has 9 nitrogen and oxygen atoms in total. The van der Waals surface area contributed by atoms with Crippen LogP contribution in [0.25, 0.3) is 11.1 Å². The number of benzene rings is 2. The van der Waals surface area contributed by atoms with E-state index in [1.165, 1.54) is 18.2 Å². The van der Waals surface area contributed by atoms with Crippen LogP contribution in [-0.4, -0.2) is 48.2 Å². The van der Waals surface area contributed by atoms with Gasteiger partial charge in [-0.2, -0.15) is 10.1 Å². The molecule has 3 heterocycles. The Balaban J connectivity index is 1.44. The van der Waals surface area contributed by atoms with Crippen molar-refractivity contribution < 1.29 is 13.6 Å². The summed E-state index contributed by atoms with van der Waals surface area (Å²) >= 11 is 6.62. The molecule has 0 saturated carbocycles. The van der Waals surface area contributed by atoms with E-state index < -0.39 is 11.9 Å². The highest BCUT2D eigenvalue weighted by molar-refractivity contribution is 6.31. The van der Waals surface area contributed by atoms with Gasteiger partial charge in [0.2, 0.25) is 5.96 Å². The summed E-state index contributed by atoms with van der Waals surface area (Å²) in [4.78, 5) is 22.6. The molecule has 2 atom stereocenters. The molecule has 3 N–H and O–H groups in total. The highest BCUT2D eigenvalue weighted by atomic mass is 35.5. The van der Waals surface area contributed by atoms with Gasteiger partial charge in [0.25, 0.3) is 5.91 Å². The van der Waals surface area contributed by atoms with Gasteiger partial charge in [-0.15, -0.1) is 0 Å². The molecule has 0 saturated heterocycles.